The van der Waals surface area contributed by atoms with Crippen LogP contribution in [0.4, 0.5) is 10.5 Å². The maximum atomic E-state index is 13.1. The average Bonchev–Trinajstić information content (AvgIpc) is 2.81. The highest BCUT2D eigenvalue weighted by Crippen LogP contribution is 2.36. The zero-order chi connectivity index (χ0) is 20.6. The summed E-state index contributed by atoms with van der Waals surface area (Å²) in [5.41, 5.74) is 0.244. The Morgan fingerprint density at radius 1 is 1.18 bits per heavy atom. The van der Waals surface area contributed by atoms with Gasteiger partial charge in [0.25, 0.3) is 5.91 Å². The van der Waals surface area contributed by atoms with Crippen molar-refractivity contribution in [3.8, 4) is 0 Å². The Labute approximate surface area is 172 Å². The minimum absolute atomic E-state index is 0.0896. The van der Waals surface area contributed by atoms with Crippen LogP contribution in [-0.2, 0) is 22.5 Å². The zero-order valence-corrected chi connectivity index (χ0v) is 17.8. The number of carbonyl (C=O) groups is 2. The molecule has 3 rings (SSSR count). The van der Waals surface area contributed by atoms with E-state index < -0.39 is 22.7 Å². The van der Waals surface area contributed by atoms with Gasteiger partial charge in [-0.1, -0.05) is 11.6 Å². The zero-order valence-electron chi connectivity index (χ0n) is 16.2. The first-order valence-electron chi connectivity index (χ1n) is 8.89. The predicted molar refractivity (Wildman–Crippen MR) is 110 cm³/mol. The topological polar surface area (TPSA) is 76.6 Å². The van der Waals surface area contributed by atoms with Crippen LogP contribution in [0.1, 0.15) is 33.3 Å². The maximum Gasteiger partial charge on any atom is 0.332 e. The largest absolute Gasteiger partial charge is 0.611 e. The summed E-state index contributed by atoms with van der Waals surface area (Å²) >= 11 is 5.06. The molecule has 148 valence electrons. The number of benzene rings is 1. The minimum Gasteiger partial charge on any atom is -0.611 e. The fraction of sp³-hybridized carbons (Fsp3) is 0.350. The Kier molecular flexibility index (Phi) is 5.70. The van der Waals surface area contributed by atoms with Gasteiger partial charge in [0.1, 0.15) is 10.8 Å². The fourth-order valence-electron chi connectivity index (χ4n) is 3.05. The summed E-state index contributed by atoms with van der Waals surface area (Å²) in [5, 5.41) is 0.184. The normalized spacial score (nSPS) is 17.5. The standard InChI is InChI=1S/C20H22ClN3O3S/c1-13(2)28(27)17-6-5-15(11-16(17)21)24-18(25)20(3,4)23(19(24)26)12-14-7-9-22-10-8-14/h5-11,13H,12H2,1-4H3. The van der Waals surface area contributed by atoms with Crippen molar-refractivity contribution in [3.05, 3.63) is 53.3 Å². The highest BCUT2D eigenvalue weighted by Gasteiger charge is 2.51. The van der Waals surface area contributed by atoms with E-state index in [0.717, 1.165) is 10.5 Å². The SMILES string of the molecule is CC(C)[S+]([O-])c1ccc(N2C(=O)N(Cc3ccncc3)C(C)(C)C2=O)cc1Cl. The molecule has 2 heterocycles. The molecule has 2 aromatic rings. The van der Waals surface area contributed by atoms with Crippen molar-refractivity contribution in [2.75, 3.05) is 4.90 Å². The van der Waals surface area contributed by atoms with Crippen LogP contribution >= 0.6 is 11.6 Å². The first kappa shape index (κ1) is 20.6. The van der Waals surface area contributed by atoms with Crippen LogP contribution in [0.3, 0.4) is 0 Å². The number of amides is 3. The second kappa shape index (κ2) is 7.73. The number of hydrogen-bond donors (Lipinski definition) is 0. The van der Waals surface area contributed by atoms with Gasteiger partial charge < -0.3 is 9.45 Å². The first-order valence-corrected chi connectivity index (χ1v) is 10.5. The van der Waals surface area contributed by atoms with Crippen LogP contribution in [0.2, 0.25) is 5.02 Å². The number of pyridine rings is 1. The highest BCUT2D eigenvalue weighted by atomic mass is 35.5. The molecule has 28 heavy (non-hydrogen) atoms. The van der Waals surface area contributed by atoms with Crippen molar-refractivity contribution < 1.29 is 14.1 Å². The molecule has 8 heteroatoms. The van der Waals surface area contributed by atoms with Gasteiger partial charge in [-0.05, 0) is 74.8 Å². The second-order valence-electron chi connectivity index (χ2n) is 7.38. The number of hydrogen-bond acceptors (Lipinski definition) is 4. The Morgan fingerprint density at radius 3 is 2.39 bits per heavy atom. The lowest BCUT2D eigenvalue weighted by Crippen LogP contribution is -2.43. The Morgan fingerprint density at radius 2 is 1.82 bits per heavy atom. The maximum absolute atomic E-state index is 13.1. The number of carbonyl (C=O) groups excluding carboxylic acids is 2. The van der Waals surface area contributed by atoms with Gasteiger partial charge in [0.2, 0.25) is 0 Å². The Bertz CT molecular complexity index is 905. The Hall–Kier alpha value is -2.09. The summed E-state index contributed by atoms with van der Waals surface area (Å²) in [6, 6.07) is 7.96. The van der Waals surface area contributed by atoms with Crippen LogP contribution in [0.5, 0.6) is 0 Å². The highest BCUT2D eigenvalue weighted by molar-refractivity contribution is 7.92. The molecule has 0 aliphatic carbocycles. The van der Waals surface area contributed by atoms with Gasteiger partial charge in [-0.3, -0.25) is 9.78 Å². The van der Waals surface area contributed by atoms with E-state index in [1.54, 1.807) is 38.4 Å². The molecular weight excluding hydrogens is 398 g/mol. The third-order valence-electron chi connectivity index (χ3n) is 4.73. The number of anilines is 1. The van der Waals surface area contributed by atoms with Gasteiger partial charge in [0, 0.05) is 18.9 Å². The van der Waals surface area contributed by atoms with Crippen molar-refractivity contribution in [1.82, 2.24) is 9.88 Å². The second-order valence-corrected chi connectivity index (χ2v) is 9.77. The summed E-state index contributed by atoms with van der Waals surface area (Å²) in [5.74, 6) is -0.333. The molecule has 1 aliphatic heterocycles. The molecule has 1 saturated heterocycles. The molecule has 0 bridgehead atoms. The van der Waals surface area contributed by atoms with Gasteiger partial charge >= 0.3 is 6.03 Å². The summed E-state index contributed by atoms with van der Waals surface area (Å²) in [6.45, 7) is 7.41. The molecule has 6 nitrogen and oxygen atoms in total. The molecule has 0 spiro atoms. The van der Waals surface area contributed by atoms with Gasteiger partial charge in [-0.25, -0.2) is 9.69 Å². The molecule has 1 atom stereocenters. The van der Waals surface area contributed by atoms with E-state index in [0.29, 0.717) is 17.1 Å². The smallest absolute Gasteiger partial charge is 0.332 e. The molecule has 0 radical (unpaired) electrons. The van der Waals surface area contributed by atoms with Gasteiger partial charge in [0.05, 0.1) is 10.7 Å². The van der Waals surface area contributed by atoms with E-state index in [4.69, 9.17) is 11.6 Å². The first-order chi connectivity index (χ1) is 13.1. The van der Waals surface area contributed by atoms with Gasteiger partial charge in [-0.2, -0.15) is 0 Å². The van der Waals surface area contributed by atoms with E-state index in [-0.39, 0.29) is 16.2 Å². The van der Waals surface area contributed by atoms with Crippen molar-refractivity contribution in [3.63, 3.8) is 0 Å². The van der Waals surface area contributed by atoms with Crippen LogP contribution in [0, 0.1) is 0 Å². The third-order valence-corrected chi connectivity index (χ3v) is 6.80. The summed E-state index contributed by atoms with van der Waals surface area (Å²) < 4.78 is 12.4. The van der Waals surface area contributed by atoms with E-state index in [1.807, 2.05) is 26.0 Å². The average molecular weight is 420 g/mol. The minimum atomic E-state index is -1.26. The van der Waals surface area contributed by atoms with E-state index in [9.17, 15) is 14.1 Å². The van der Waals surface area contributed by atoms with E-state index in [1.165, 1.54) is 11.0 Å². The van der Waals surface area contributed by atoms with Crippen LogP contribution in [-0.4, -0.2) is 37.2 Å². The lowest BCUT2D eigenvalue weighted by Gasteiger charge is -2.27. The van der Waals surface area contributed by atoms with Crippen molar-refractivity contribution in [2.45, 2.75) is 49.9 Å². The Balaban J connectivity index is 1.93. The summed E-state index contributed by atoms with van der Waals surface area (Å²) in [7, 11) is 0. The van der Waals surface area contributed by atoms with Gasteiger partial charge in [0.15, 0.2) is 4.90 Å². The number of halogens is 1. The molecule has 1 aromatic carbocycles. The predicted octanol–water partition coefficient (Wildman–Crippen LogP) is 4.00. The fourth-order valence-corrected chi connectivity index (χ4v) is 4.41. The van der Waals surface area contributed by atoms with Crippen LogP contribution in [0.15, 0.2) is 47.6 Å². The molecular formula is C20H22ClN3O3S. The summed E-state index contributed by atoms with van der Waals surface area (Å²) in [4.78, 5) is 33.2. The molecule has 1 aliphatic rings. The van der Waals surface area contributed by atoms with E-state index >= 15 is 0 Å². The quantitative estimate of drug-likeness (QED) is 0.542. The molecule has 1 unspecified atom stereocenters. The van der Waals surface area contributed by atoms with Crippen LogP contribution in [0.25, 0.3) is 0 Å². The number of nitrogens with zero attached hydrogens (tertiary/aromatic N) is 3. The molecule has 3 amide bonds. The monoisotopic (exact) mass is 419 g/mol. The number of rotatable bonds is 5. The van der Waals surface area contributed by atoms with E-state index in [2.05, 4.69) is 4.98 Å². The van der Waals surface area contributed by atoms with Crippen molar-refractivity contribution in [1.29, 1.82) is 0 Å². The number of urea groups is 1. The molecule has 0 saturated carbocycles. The lowest BCUT2D eigenvalue weighted by atomic mass is 10.0. The van der Waals surface area contributed by atoms with Crippen molar-refractivity contribution in [2.24, 2.45) is 0 Å². The van der Waals surface area contributed by atoms with Gasteiger partial charge in [-0.15, -0.1) is 0 Å². The van der Waals surface area contributed by atoms with Crippen LogP contribution < -0.4 is 4.90 Å². The summed E-state index contributed by atoms with van der Waals surface area (Å²) in [6.07, 6.45) is 3.30. The third kappa shape index (κ3) is 3.62. The number of imide groups is 1. The number of aromatic nitrogens is 1. The van der Waals surface area contributed by atoms with Crippen molar-refractivity contribution >= 4 is 40.4 Å². The molecule has 1 aromatic heterocycles. The lowest BCUT2D eigenvalue weighted by molar-refractivity contribution is -0.123. The molecule has 0 N–H and O–H groups in total. The molecule has 1 fully saturated rings.